The Labute approximate surface area is 127 Å². The monoisotopic (exact) mass is 290 g/mol. The van der Waals surface area contributed by atoms with Crippen molar-refractivity contribution in [2.45, 2.75) is 40.4 Å². The average Bonchev–Trinajstić information content (AvgIpc) is 3.00. The number of hydrogen-bond acceptors (Lipinski definition) is 4. The van der Waals surface area contributed by atoms with Gasteiger partial charge in [-0.2, -0.15) is 0 Å². The summed E-state index contributed by atoms with van der Waals surface area (Å²) in [7, 11) is 2.09. The first kappa shape index (κ1) is 15.9. The highest BCUT2D eigenvalue weighted by atomic mass is 16.3. The molecule has 2 aromatic rings. The smallest absolute Gasteiger partial charge is 0.118 e. The number of hydrogen-bond donors (Lipinski definition) is 1. The molecule has 0 unspecified atom stereocenters. The van der Waals surface area contributed by atoms with Gasteiger partial charge in [0.15, 0.2) is 0 Å². The summed E-state index contributed by atoms with van der Waals surface area (Å²) in [6, 6.07) is 6.14. The molecule has 0 aliphatic carbocycles. The Morgan fingerprint density at radius 2 is 1.90 bits per heavy atom. The maximum Gasteiger partial charge on any atom is 0.118 e. The maximum absolute atomic E-state index is 5.86. The van der Waals surface area contributed by atoms with E-state index in [1.54, 1.807) is 6.26 Å². The summed E-state index contributed by atoms with van der Waals surface area (Å²) in [4.78, 5) is 2.22. The molecule has 0 bridgehead atoms. The van der Waals surface area contributed by atoms with Crippen molar-refractivity contribution in [3.05, 3.63) is 47.3 Å². The van der Waals surface area contributed by atoms with Gasteiger partial charge in [-0.05, 0) is 44.6 Å². The highest BCUT2D eigenvalue weighted by Crippen LogP contribution is 2.14. The summed E-state index contributed by atoms with van der Waals surface area (Å²) in [5, 5.41) is 3.39. The van der Waals surface area contributed by atoms with Gasteiger partial charge in [-0.3, -0.25) is 4.90 Å². The van der Waals surface area contributed by atoms with E-state index >= 15 is 0 Å². The van der Waals surface area contributed by atoms with Crippen molar-refractivity contribution in [1.29, 1.82) is 0 Å². The number of nitrogens with one attached hydrogen (secondary N) is 1. The molecule has 2 aromatic heterocycles. The van der Waals surface area contributed by atoms with Gasteiger partial charge in [0.05, 0.1) is 19.4 Å². The molecule has 0 radical (unpaired) electrons. The zero-order valence-corrected chi connectivity index (χ0v) is 13.5. The van der Waals surface area contributed by atoms with Crippen LogP contribution in [0.1, 0.15) is 36.7 Å². The molecule has 4 nitrogen and oxygen atoms in total. The van der Waals surface area contributed by atoms with Crippen LogP contribution >= 0.6 is 0 Å². The van der Waals surface area contributed by atoms with Gasteiger partial charge in [0.2, 0.25) is 0 Å². The van der Waals surface area contributed by atoms with E-state index in [-0.39, 0.29) is 0 Å². The minimum absolute atomic E-state index is 0.656. The SMILES string of the molecule is Cc1occc1CN(C)Cc1ccc(CNCC(C)C)o1. The van der Waals surface area contributed by atoms with E-state index in [1.807, 2.05) is 13.0 Å². The molecule has 116 valence electrons. The van der Waals surface area contributed by atoms with E-state index in [2.05, 4.69) is 43.2 Å². The van der Waals surface area contributed by atoms with Crippen molar-refractivity contribution in [2.24, 2.45) is 5.92 Å². The first-order chi connectivity index (χ1) is 10.0. The normalized spacial score (nSPS) is 11.7. The number of nitrogens with zero attached hydrogens (tertiary/aromatic N) is 1. The van der Waals surface area contributed by atoms with Crippen LogP contribution in [0.15, 0.2) is 33.3 Å². The predicted molar refractivity (Wildman–Crippen MR) is 83.9 cm³/mol. The molecule has 2 rings (SSSR count). The fourth-order valence-electron chi connectivity index (χ4n) is 2.27. The second-order valence-corrected chi connectivity index (χ2v) is 6.07. The van der Waals surface area contributed by atoms with E-state index in [9.17, 15) is 0 Å². The van der Waals surface area contributed by atoms with Crippen LogP contribution in [0.2, 0.25) is 0 Å². The minimum Gasteiger partial charge on any atom is -0.469 e. The molecule has 2 heterocycles. The molecule has 0 aromatic carbocycles. The molecule has 0 amide bonds. The summed E-state index contributed by atoms with van der Waals surface area (Å²) in [5.41, 5.74) is 1.22. The molecule has 0 saturated carbocycles. The highest BCUT2D eigenvalue weighted by molar-refractivity contribution is 5.15. The maximum atomic E-state index is 5.86. The Kier molecular flexibility index (Phi) is 5.65. The Hall–Kier alpha value is -1.52. The predicted octanol–water partition coefficient (Wildman–Crippen LogP) is 3.56. The van der Waals surface area contributed by atoms with E-state index in [1.165, 1.54) is 5.56 Å². The molecule has 21 heavy (non-hydrogen) atoms. The molecular weight excluding hydrogens is 264 g/mol. The highest BCUT2D eigenvalue weighted by Gasteiger charge is 2.09. The molecule has 1 N–H and O–H groups in total. The summed E-state index contributed by atoms with van der Waals surface area (Å²) < 4.78 is 11.2. The van der Waals surface area contributed by atoms with Crippen LogP contribution in [0.25, 0.3) is 0 Å². The molecule has 0 aliphatic rings. The van der Waals surface area contributed by atoms with E-state index < -0.39 is 0 Å². The largest absolute Gasteiger partial charge is 0.469 e. The molecule has 4 heteroatoms. The number of rotatable bonds is 8. The molecular formula is C17H26N2O2. The van der Waals surface area contributed by atoms with Gasteiger partial charge in [-0.25, -0.2) is 0 Å². The van der Waals surface area contributed by atoms with Crippen LogP contribution in [0.4, 0.5) is 0 Å². The average molecular weight is 290 g/mol. The van der Waals surface area contributed by atoms with Crippen molar-refractivity contribution in [3.8, 4) is 0 Å². The first-order valence-corrected chi connectivity index (χ1v) is 7.54. The lowest BCUT2D eigenvalue weighted by Gasteiger charge is -2.14. The van der Waals surface area contributed by atoms with Gasteiger partial charge >= 0.3 is 0 Å². The quantitative estimate of drug-likeness (QED) is 0.807. The van der Waals surface area contributed by atoms with Crippen LogP contribution < -0.4 is 5.32 Å². The summed E-state index contributed by atoms with van der Waals surface area (Å²) >= 11 is 0. The first-order valence-electron chi connectivity index (χ1n) is 7.54. The molecule has 0 atom stereocenters. The molecule has 0 saturated heterocycles. The summed E-state index contributed by atoms with van der Waals surface area (Å²) in [6.07, 6.45) is 1.74. The number of aryl methyl sites for hydroxylation is 1. The van der Waals surface area contributed by atoms with E-state index in [0.29, 0.717) is 5.92 Å². The number of furan rings is 2. The van der Waals surface area contributed by atoms with Crippen LogP contribution in [0.5, 0.6) is 0 Å². The zero-order valence-electron chi connectivity index (χ0n) is 13.5. The van der Waals surface area contributed by atoms with Crippen LogP contribution in [-0.2, 0) is 19.6 Å². The molecule has 0 spiro atoms. The second kappa shape index (κ2) is 7.48. The summed E-state index contributed by atoms with van der Waals surface area (Å²) in [5.74, 6) is 3.64. The summed E-state index contributed by atoms with van der Waals surface area (Å²) in [6.45, 7) is 9.87. The van der Waals surface area contributed by atoms with E-state index in [4.69, 9.17) is 8.83 Å². The minimum atomic E-state index is 0.656. The lowest BCUT2D eigenvalue weighted by molar-refractivity contribution is 0.280. The van der Waals surface area contributed by atoms with Gasteiger partial charge in [-0.15, -0.1) is 0 Å². The third kappa shape index (κ3) is 5.06. The lowest BCUT2D eigenvalue weighted by Crippen LogP contribution is -2.18. The zero-order chi connectivity index (χ0) is 15.2. The van der Waals surface area contributed by atoms with Crippen molar-refractivity contribution >= 4 is 0 Å². The van der Waals surface area contributed by atoms with Crippen LogP contribution in [-0.4, -0.2) is 18.5 Å². The molecule has 0 aliphatic heterocycles. The van der Waals surface area contributed by atoms with Gasteiger partial charge in [0, 0.05) is 12.1 Å². The van der Waals surface area contributed by atoms with Crippen molar-refractivity contribution in [1.82, 2.24) is 10.2 Å². The lowest BCUT2D eigenvalue weighted by atomic mass is 10.2. The Morgan fingerprint density at radius 1 is 1.14 bits per heavy atom. The fraction of sp³-hybridized carbons (Fsp3) is 0.529. The third-order valence-electron chi connectivity index (χ3n) is 3.40. The fourth-order valence-corrected chi connectivity index (χ4v) is 2.27. The third-order valence-corrected chi connectivity index (χ3v) is 3.40. The Bertz CT molecular complexity index is 542. The Balaban J connectivity index is 1.80. The standard InChI is InChI=1S/C17H26N2O2/c1-13(2)9-18-10-16-5-6-17(21-16)12-19(4)11-15-7-8-20-14(15)3/h5-8,13,18H,9-12H2,1-4H3. The van der Waals surface area contributed by atoms with Gasteiger partial charge in [0.1, 0.15) is 17.3 Å². The second-order valence-electron chi connectivity index (χ2n) is 6.07. The Morgan fingerprint density at radius 3 is 2.57 bits per heavy atom. The van der Waals surface area contributed by atoms with Crippen LogP contribution in [0.3, 0.4) is 0 Å². The van der Waals surface area contributed by atoms with Crippen LogP contribution in [0, 0.1) is 12.8 Å². The molecule has 0 fully saturated rings. The van der Waals surface area contributed by atoms with Gasteiger partial charge in [-0.1, -0.05) is 13.8 Å². The van der Waals surface area contributed by atoms with Gasteiger partial charge < -0.3 is 14.2 Å². The topological polar surface area (TPSA) is 41.6 Å². The van der Waals surface area contributed by atoms with Crippen molar-refractivity contribution in [3.63, 3.8) is 0 Å². The van der Waals surface area contributed by atoms with Gasteiger partial charge in [0.25, 0.3) is 0 Å². The van der Waals surface area contributed by atoms with E-state index in [0.717, 1.165) is 43.5 Å². The van der Waals surface area contributed by atoms with Crippen molar-refractivity contribution < 1.29 is 8.83 Å². The van der Waals surface area contributed by atoms with Crippen molar-refractivity contribution in [2.75, 3.05) is 13.6 Å².